The third kappa shape index (κ3) is 4.23. The van der Waals surface area contributed by atoms with Crippen molar-refractivity contribution in [1.82, 2.24) is 14.9 Å². The standard InChI is InChI=1S/C19H26N4O6S/c1-12(13-6-8-14(29-3)9-7-13)20-17(25)15-16(24)18(26)22(2)19(21-15)23-10-4-5-11-30(23,27)28/h6-9,12,24,27-28H,4-5,10-11H2,1-3H3,(H,20,25). The van der Waals surface area contributed by atoms with Crippen LogP contribution >= 0.6 is 10.8 Å². The predicted molar refractivity (Wildman–Crippen MR) is 114 cm³/mol. The van der Waals surface area contributed by atoms with Crippen LogP contribution in [-0.4, -0.2) is 49.1 Å². The van der Waals surface area contributed by atoms with Gasteiger partial charge >= 0.3 is 0 Å². The molecule has 4 N–H and O–H groups in total. The highest BCUT2D eigenvalue weighted by atomic mass is 32.3. The first-order chi connectivity index (χ1) is 14.2. The summed E-state index contributed by atoms with van der Waals surface area (Å²) in [6.07, 6.45) is 1.32. The molecule has 1 saturated heterocycles. The number of methoxy groups -OCH3 is 1. The van der Waals surface area contributed by atoms with Crippen LogP contribution in [0.3, 0.4) is 0 Å². The Morgan fingerprint density at radius 3 is 2.53 bits per heavy atom. The van der Waals surface area contributed by atoms with E-state index in [4.69, 9.17) is 4.74 Å². The molecule has 1 aliphatic heterocycles. The number of rotatable bonds is 5. The maximum absolute atomic E-state index is 12.8. The van der Waals surface area contributed by atoms with Gasteiger partial charge in [-0.2, -0.15) is 0 Å². The monoisotopic (exact) mass is 438 g/mol. The number of anilines is 1. The number of nitrogens with zero attached hydrogens (tertiary/aromatic N) is 3. The van der Waals surface area contributed by atoms with Crippen molar-refractivity contribution < 1.29 is 23.7 Å². The average Bonchev–Trinajstić information content (AvgIpc) is 2.72. The second kappa shape index (κ2) is 8.54. The highest BCUT2D eigenvalue weighted by Gasteiger charge is 2.32. The fourth-order valence-electron chi connectivity index (χ4n) is 3.24. The number of aromatic hydroxyl groups is 1. The summed E-state index contributed by atoms with van der Waals surface area (Å²) in [4.78, 5) is 29.4. The van der Waals surface area contributed by atoms with Gasteiger partial charge in [-0.25, -0.2) is 9.29 Å². The van der Waals surface area contributed by atoms with E-state index >= 15 is 0 Å². The molecule has 0 radical (unpaired) electrons. The van der Waals surface area contributed by atoms with Crippen molar-refractivity contribution in [3.63, 3.8) is 0 Å². The summed E-state index contributed by atoms with van der Waals surface area (Å²) < 4.78 is 28.1. The Bertz CT molecular complexity index is 992. The van der Waals surface area contributed by atoms with Gasteiger partial charge in [-0.15, -0.1) is 10.8 Å². The number of hydrogen-bond donors (Lipinski definition) is 4. The molecular formula is C19H26N4O6S. The minimum atomic E-state index is -3.16. The Hall–Kier alpha value is -2.76. The van der Waals surface area contributed by atoms with Gasteiger partial charge in [0.05, 0.1) is 18.9 Å². The maximum Gasteiger partial charge on any atom is 0.297 e. The van der Waals surface area contributed by atoms with Crippen molar-refractivity contribution in [3.05, 3.63) is 45.9 Å². The molecule has 1 aromatic heterocycles. The first-order valence-corrected chi connectivity index (χ1v) is 11.1. The normalized spacial score (nSPS) is 17.8. The van der Waals surface area contributed by atoms with Crippen LogP contribution in [0, 0.1) is 0 Å². The Balaban J connectivity index is 1.91. The lowest BCUT2D eigenvalue weighted by molar-refractivity contribution is 0.0931. The summed E-state index contributed by atoms with van der Waals surface area (Å²) in [6, 6.07) is 6.65. The number of carbonyl (C=O) groups is 1. The molecule has 2 heterocycles. The van der Waals surface area contributed by atoms with Crippen LogP contribution in [0.15, 0.2) is 29.1 Å². The van der Waals surface area contributed by atoms with E-state index in [0.717, 1.165) is 10.1 Å². The Morgan fingerprint density at radius 1 is 1.27 bits per heavy atom. The van der Waals surface area contributed by atoms with E-state index in [0.29, 0.717) is 18.6 Å². The molecule has 1 aliphatic rings. The van der Waals surface area contributed by atoms with Gasteiger partial charge in [0.2, 0.25) is 11.7 Å². The molecule has 0 saturated carbocycles. The van der Waals surface area contributed by atoms with E-state index in [1.54, 1.807) is 38.3 Å². The van der Waals surface area contributed by atoms with Crippen LogP contribution in [0.4, 0.5) is 5.95 Å². The first kappa shape index (κ1) is 21.9. The van der Waals surface area contributed by atoms with Gasteiger partial charge in [-0.3, -0.25) is 23.3 Å². The van der Waals surface area contributed by atoms with E-state index < -0.39 is 39.7 Å². The molecule has 1 unspecified atom stereocenters. The summed E-state index contributed by atoms with van der Waals surface area (Å²) in [5.74, 6) is -0.787. The summed E-state index contributed by atoms with van der Waals surface area (Å²) in [6.45, 7) is 2.02. The minimum absolute atomic E-state index is 0.0697. The number of carbonyl (C=O) groups excluding carboxylic acids is 1. The number of hydrogen-bond acceptors (Lipinski definition) is 8. The Morgan fingerprint density at radius 2 is 1.93 bits per heavy atom. The number of amides is 1. The molecule has 1 amide bonds. The zero-order valence-corrected chi connectivity index (χ0v) is 17.8. The topological polar surface area (TPSA) is 137 Å². The lowest BCUT2D eigenvalue weighted by Crippen LogP contribution is -2.40. The highest BCUT2D eigenvalue weighted by Crippen LogP contribution is 2.48. The third-order valence-electron chi connectivity index (χ3n) is 5.03. The van der Waals surface area contributed by atoms with Crippen molar-refractivity contribution in [2.24, 2.45) is 7.05 Å². The molecule has 3 rings (SSSR count). The zero-order valence-electron chi connectivity index (χ0n) is 17.0. The lowest BCUT2D eigenvalue weighted by Gasteiger charge is -2.46. The smallest absolute Gasteiger partial charge is 0.297 e. The quantitative estimate of drug-likeness (QED) is 0.558. The van der Waals surface area contributed by atoms with Crippen molar-refractivity contribution in [3.8, 4) is 11.5 Å². The fraction of sp³-hybridized carbons (Fsp3) is 0.421. The molecule has 11 heteroatoms. The van der Waals surface area contributed by atoms with Gasteiger partial charge in [0.25, 0.3) is 11.5 Å². The minimum Gasteiger partial charge on any atom is -0.501 e. The van der Waals surface area contributed by atoms with Gasteiger partial charge in [0.15, 0.2) is 5.69 Å². The van der Waals surface area contributed by atoms with Gasteiger partial charge in [0, 0.05) is 13.6 Å². The van der Waals surface area contributed by atoms with Crippen molar-refractivity contribution in [2.45, 2.75) is 25.8 Å². The molecular weight excluding hydrogens is 412 g/mol. The van der Waals surface area contributed by atoms with Crippen molar-refractivity contribution in [1.29, 1.82) is 0 Å². The lowest BCUT2D eigenvalue weighted by atomic mass is 10.1. The first-order valence-electron chi connectivity index (χ1n) is 9.44. The SMILES string of the molecule is COc1ccc(C(C)NC(=O)c2nc(N3CCCCS3(O)O)n(C)c(=O)c2O)cc1. The summed E-state index contributed by atoms with van der Waals surface area (Å²) in [5.41, 5.74) is -0.518. The molecule has 10 nitrogen and oxygen atoms in total. The molecule has 30 heavy (non-hydrogen) atoms. The van der Waals surface area contributed by atoms with E-state index in [2.05, 4.69) is 10.3 Å². The summed E-state index contributed by atoms with van der Waals surface area (Å²) >= 11 is 0. The summed E-state index contributed by atoms with van der Waals surface area (Å²) in [7, 11) is -0.245. The van der Waals surface area contributed by atoms with E-state index in [9.17, 15) is 23.8 Å². The van der Waals surface area contributed by atoms with Crippen LogP contribution in [-0.2, 0) is 7.05 Å². The van der Waals surface area contributed by atoms with Crippen LogP contribution in [0.25, 0.3) is 0 Å². The van der Waals surface area contributed by atoms with Crippen LogP contribution in [0.1, 0.15) is 41.9 Å². The molecule has 0 spiro atoms. The second-order valence-electron chi connectivity index (χ2n) is 7.09. The largest absolute Gasteiger partial charge is 0.501 e. The van der Waals surface area contributed by atoms with Crippen LogP contribution < -0.4 is 19.9 Å². The maximum atomic E-state index is 12.8. The van der Waals surface area contributed by atoms with Gasteiger partial charge < -0.3 is 15.2 Å². The molecule has 0 bridgehead atoms. The molecule has 0 aliphatic carbocycles. The van der Waals surface area contributed by atoms with Crippen molar-refractivity contribution >= 4 is 22.6 Å². The molecule has 1 fully saturated rings. The molecule has 1 aromatic carbocycles. The molecule has 2 aromatic rings. The molecule has 164 valence electrons. The fourth-order valence-corrected chi connectivity index (χ4v) is 4.90. The number of aromatic nitrogens is 2. The predicted octanol–water partition coefficient (Wildman–Crippen LogP) is 2.25. The third-order valence-corrected chi connectivity index (χ3v) is 6.92. The zero-order chi connectivity index (χ0) is 22.1. The Labute approximate surface area is 175 Å². The number of ether oxygens (including phenoxy) is 1. The Kier molecular flexibility index (Phi) is 6.25. The van der Waals surface area contributed by atoms with E-state index in [1.807, 2.05) is 0 Å². The van der Waals surface area contributed by atoms with Crippen LogP contribution in [0.2, 0.25) is 0 Å². The number of nitrogens with one attached hydrogen (secondary N) is 1. The van der Waals surface area contributed by atoms with Gasteiger partial charge in [-0.1, -0.05) is 12.1 Å². The molecule has 1 atom stereocenters. The van der Waals surface area contributed by atoms with E-state index in [1.165, 1.54) is 11.4 Å². The van der Waals surface area contributed by atoms with E-state index in [-0.39, 0.29) is 18.2 Å². The van der Waals surface area contributed by atoms with Crippen LogP contribution in [0.5, 0.6) is 11.5 Å². The van der Waals surface area contributed by atoms with Crippen molar-refractivity contribution in [2.75, 3.05) is 23.7 Å². The average molecular weight is 439 g/mol. The van der Waals surface area contributed by atoms with Gasteiger partial charge in [-0.05, 0) is 37.5 Å². The summed E-state index contributed by atoms with van der Waals surface area (Å²) in [5, 5.41) is 12.9. The second-order valence-corrected chi connectivity index (χ2v) is 9.20. The number of benzene rings is 1. The van der Waals surface area contributed by atoms with Gasteiger partial charge in [0.1, 0.15) is 5.75 Å². The highest BCUT2D eigenvalue weighted by molar-refractivity contribution is 8.25.